The second-order valence-electron chi connectivity index (χ2n) is 10.5. The molecule has 0 aromatic carbocycles. The molecule has 2 N–H and O–H groups in total. The zero-order valence-corrected chi connectivity index (χ0v) is 20.6. The lowest BCUT2D eigenvalue weighted by Crippen LogP contribution is -2.35. The third-order valence-corrected chi connectivity index (χ3v) is 8.17. The molecular formula is C26H31N7O4. The molecule has 3 aromatic heterocycles. The van der Waals surface area contributed by atoms with Gasteiger partial charge < -0.3 is 24.4 Å². The first-order chi connectivity index (χ1) is 18.2. The van der Waals surface area contributed by atoms with Crippen LogP contribution in [-0.4, -0.2) is 82.7 Å². The molecule has 4 aliphatic rings. The lowest BCUT2D eigenvalue weighted by Gasteiger charge is -2.32. The summed E-state index contributed by atoms with van der Waals surface area (Å²) in [4.78, 5) is 28.9. The van der Waals surface area contributed by atoms with Crippen LogP contribution in [0, 0.1) is 11.8 Å². The van der Waals surface area contributed by atoms with Crippen molar-refractivity contribution in [3.05, 3.63) is 35.8 Å². The largest absolute Gasteiger partial charge is 0.461 e. The Morgan fingerprint density at radius 2 is 2.05 bits per heavy atom. The van der Waals surface area contributed by atoms with Gasteiger partial charge >= 0.3 is 6.01 Å². The number of hydrogen-bond donors (Lipinski definition) is 2. The maximum Gasteiger partial charge on any atom is 0.319 e. The highest BCUT2D eigenvalue weighted by Gasteiger charge is 2.54. The quantitative estimate of drug-likeness (QED) is 0.496. The Hall–Kier alpha value is -3.31. The van der Waals surface area contributed by atoms with Gasteiger partial charge in [0, 0.05) is 61.1 Å². The van der Waals surface area contributed by atoms with Crippen molar-refractivity contribution in [3.63, 3.8) is 0 Å². The number of rotatable bonds is 7. The molecular weight excluding hydrogens is 474 g/mol. The first-order valence-corrected chi connectivity index (χ1v) is 13.3. The Balaban J connectivity index is 1.07. The van der Waals surface area contributed by atoms with Crippen molar-refractivity contribution in [3.8, 4) is 6.01 Å². The fraction of sp³-hybridized carbons (Fsp3) is 0.577. The van der Waals surface area contributed by atoms with Gasteiger partial charge in [-0.25, -0.2) is 4.98 Å². The predicted octanol–water partition coefficient (Wildman–Crippen LogP) is 2.06. The predicted molar refractivity (Wildman–Crippen MR) is 134 cm³/mol. The number of carbonyl (C=O) groups is 1. The molecule has 3 aliphatic heterocycles. The molecule has 3 saturated heterocycles. The normalized spacial score (nSPS) is 27.4. The first kappa shape index (κ1) is 22.9. The fourth-order valence-electron chi connectivity index (χ4n) is 5.95. The monoisotopic (exact) mass is 505 g/mol. The van der Waals surface area contributed by atoms with E-state index in [1.54, 1.807) is 12.3 Å². The number of H-pyrrole nitrogens is 1. The summed E-state index contributed by atoms with van der Waals surface area (Å²) in [6, 6.07) is 6.20. The molecule has 11 heteroatoms. The van der Waals surface area contributed by atoms with Crippen molar-refractivity contribution < 1.29 is 19.0 Å². The molecule has 3 aromatic rings. The molecule has 1 aliphatic carbocycles. The van der Waals surface area contributed by atoms with Crippen LogP contribution in [0.4, 0.5) is 5.82 Å². The molecule has 194 valence electrons. The van der Waals surface area contributed by atoms with Gasteiger partial charge in [-0.3, -0.25) is 9.89 Å². The van der Waals surface area contributed by atoms with E-state index in [1.807, 2.05) is 6.07 Å². The van der Waals surface area contributed by atoms with E-state index < -0.39 is 0 Å². The van der Waals surface area contributed by atoms with Gasteiger partial charge in [0.15, 0.2) is 5.65 Å². The molecule has 4 fully saturated rings. The highest BCUT2D eigenvalue weighted by molar-refractivity contribution is 5.93. The molecule has 11 nitrogen and oxygen atoms in total. The molecule has 1 saturated carbocycles. The Morgan fingerprint density at radius 3 is 2.86 bits per heavy atom. The molecule has 1 amide bonds. The van der Waals surface area contributed by atoms with Crippen LogP contribution in [0.3, 0.4) is 0 Å². The molecule has 3 atom stereocenters. The lowest BCUT2D eigenvalue weighted by molar-refractivity contribution is 0.0643. The van der Waals surface area contributed by atoms with Crippen LogP contribution in [0.25, 0.3) is 11.0 Å². The van der Waals surface area contributed by atoms with Crippen molar-refractivity contribution in [2.45, 2.75) is 43.7 Å². The summed E-state index contributed by atoms with van der Waals surface area (Å²) < 4.78 is 17.1. The van der Waals surface area contributed by atoms with Crippen molar-refractivity contribution in [1.82, 2.24) is 30.5 Å². The molecule has 7 rings (SSSR count). The number of nitrogens with one attached hydrogen (secondary N) is 2. The van der Waals surface area contributed by atoms with Gasteiger partial charge in [0.2, 0.25) is 0 Å². The van der Waals surface area contributed by atoms with Gasteiger partial charge in [0.25, 0.3) is 5.91 Å². The van der Waals surface area contributed by atoms with Crippen LogP contribution in [0.2, 0.25) is 0 Å². The number of carbonyl (C=O) groups excluding carboxylic acids is 1. The number of aromatic amines is 1. The van der Waals surface area contributed by atoms with E-state index in [9.17, 15) is 4.79 Å². The van der Waals surface area contributed by atoms with Crippen LogP contribution in [0.1, 0.15) is 47.8 Å². The minimum Gasteiger partial charge on any atom is -0.461 e. The number of pyridine rings is 1. The summed E-state index contributed by atoms with van der Waals surface area (Å²) >= 11 is 0. The number of aromatic nitrogens is 5. The van der Waals surface area contributed by atoms with E-state index >= 15 is 0 Å². The van der Waals surface area contributed by atoms with Gasteiger partial charge in [0.05, 0.1) is 25.0 Å². The number of piperidine rings is 1. The number of ether oxygens (including phenoxy) is 3. The minimum atomic E-state index is -0.185. The summed E-state index contributed by atoms with van der Waals surface area (Å²) in [7, 11) is 0. The van der Waals surface area contributed by atoms with Crippen molar-refractivity contribution in [1.29, 1.82) is 0 Å². The Kier molecular flexibility index (Phi) is 5.89. The van der Waals surface area contributed by atoms with Crippen LogP contribution < -0.4 is 15.0 Å². The lowest BCUT2D eigenvalue weighted by atomic mass is 9.92. The fourth-order valence-corrected chi connectivity index (χ4v) is 5.95. The summed E-state index contributed by atoms with van der Waals surface area (Å²) in [5, 5.41) is 11.8. The summed E-state index contributed by atoms with van der Waals surface area (Å²) in [5.41, 5.74) is 2.24. The third kappa shape index (κ3) is 4.50. The second-order valence-corrected chi connectivity index (χ2v) is 10.5. The van der Waals surface area contributed by atoms with Crippen LogP contribution >= 0.6 is 0 Å². The van der Waals surface area contributed by atoms with Gasteiger partial charge in [-0.05, 0) is 37.8 Å². The molecule has 0 bridgehead atoms. The number of amides is 1. The van der Waals surface area contributed by atoms with Crippen molar-refractivity contribution in [2.24, 2.45) is 11.8 Å². The average Bonchev–Trinajstić information content (AvgIpc) is 3.47. The summed E-state index contributed by atoms with van der Waals surface area (Å²) in [6.45, 7) is 4.18. The highest BCUT2D eigenvalue weighted by Crippen LogP contribution is 2.44. The van der Waals surface area contributed by atoms with Crippen LogP contribution in [-0.2, 0) is 9.47 Å². The highest BCUT2D eigenvalue weighted by atomic mass is 16.5. The van der Waals surface area contributed by atoms with E-state index in [2.05, 4.69) is 36.4 Å². The number of hydrogen-bond acceptors (Lipinski definition) is 9. The Bertz CT molecular complexity index is 1270. The molecule has 37 heavy (non-hydrogen) atoms. The standard InChI is InChI=1S/C26H31N7O4/c34-25(30-23-18-13-35-14-19(18)23)20-11-21(29-26(28-20)37-12-16-3-2-10-36-16)33-8-5-15(6-9-33)22-17-4-1-7-27-24(17)32-31-22/h1,4,7,11,15-16,18-19,23H,2-3,5-6,8-10,12-14H2,(H,30,34)(H,27,31,32). The van der Waals surface area contributed by atoms with Crippen LogP contribution in [0.15, 0.2) is 24.4 Å². The Morgan fingerprint density at radius 1 is 1.19 bits per heavy atom. The average molecular weight is 506 g/mol. The number of fused-ring (bicyclic) bond motifs is 2. The van der Waals surface area contributed by atoms with Gasteiger partial charge in [-0.2, -0.15) is 15.1 Å². The minimum absolute atomic E-state index is 0.0456. The third-order valence-electron chi connectivity index (χ3n) is 8.17. The maximum atomic E-state index is 13.1. The van der Waals surface area contributed by atoms with E-state index in [0.717, 1.165) is 75.3 Å². The topological polar surface area (TPSA) is 127 Å². The number of nitrogens with zero attached hydrogens (tertiary/aromatic N) is 5. The van der Waals surface area contributed by atoms with E-state index in [1.165, 1.54) is 0 Å². The van der Waals surface area contributed by atoms with Crippen molar-refractivity contribution >= 4 is 22.8 Å². The van der Waals surface area contributed by atoms with Crippen LogP contribution in [0.5, 0.6) is 6.01 Å². The number of anilines is 1. The molecule has 3 unspecified atom stereocenters. The summed E-state index contributed by atoms with van der Waals surface area (Å²) in [5.74, 6) is 1.72. The molecule has 0 radical (unpaired) electrons. The zero-order valence-electron chi connectivity index (χ0n) is 20.6. The van der Waals surface area contributed by atoms with Gasteiger partial charge in [0.1, 0.15) is 18.1 Å². The van der Waals surface area contributed by atoms with Gasteiger partial charge in [-0.15, -0.1) is 0 Å². The second kappa shape index (κ2) is 9.53. The molecule has 0 spiro atoms. The smallest absolute Gasteiger partial charge is 0.319 e. The molecule has 6 heterocycles. The van der Waals surface area contributed by atoms with Crippen molar-refractivity contribution in [2.75, 3.05) is 44.4 Å². The van der Waals surface area contributed by atoms with Gasteiger partial charge in [-0.1, -0.05) is 0 Å². The first-order valence-electron chi connectivity index (χ1n) is 13.3. The van der Waals surface area contributed by atoms with E-state index in [0.29, 0.717) is 35.9 Å². The maximum absolute atomic E-state index is 13.1. The summed E-state index contributed by atoms with van der Waals surface area (Å²) in [6.07, 6.45) is 5.67. The SMILES string of the molecule is O=C(NC1C2COCC21)c1cc(N2CCC(c3n[nH]c4ncccc34)CC2)nc(OCC2CCCO2)n1. The van der Waals surface area contributed by atoms with E-state index in [4.69, 9.17) is 19.2 Å². The zero-order chi connectivity index (χ0) is 24.8. The Labute approximate surface area is 214 Å². The van der Waals surface area contributed by atoms with E-state index in [-0.39, 0.29) is 24.1 Å².